The van der Waals surface area contributed by atoms with E-state index in [1.54, 1.807) is 21.3 Å². The largest absolute Gasteiger partial charge is 0.493 e. The molecule has 0 bridgehead atoms. The lowest BCUT2D eigenvalue weighted by molar-refractivity contribution is -0.121. The number of hydrogen-bond acceptors (Lipinski definition) is 5. The number of carbonyl (C=O) groups excluding carboxylic acids is 1. The smallest absolute Gasteiger partial charge is 0.224 e. The van der Waals surface area contributed by atoms with Gasteiger partial charge in [-0.1, -0.05) is 25.7 Å². The van der Waals surface area contributed by atoms with E-state index in [-0.39, 0.29) is 11.4 Å². The van der Waals surface area contributed by atoms with Gasteiger partial charge in [-0.05, 0) is 56.5 Å². The molecule has 3 rings (SSSR count). The van der Waals surface area contributed by atoms with Crippen molar-refractivity contribution in [3.05, 3.63) is 17.7 Å². The van der Waals surface area contributed by atoms with Gasteiger partial charge in [0.1, 0.15) is 0 Å². The summed E-state index contributed by atoms with van der Waals surface area (Å²) in [6, 6.07) is 3.70. The Morgan fingerprint density at radius 3 is 2.07 bits per heavy atom. The van der Waals surface area contributed by atoms with Gasteiger partial charge >= 0.3 is 0 Å². The highest BCUT2D eigenvalue weighted by atomic mass is 16.5. The minimum absolute atomic E-state index is 0.0428. The first-order chi connectivity index (χ1) is 14.1. The van der Waals surface area contributed by atoms with Crippen molar-refractivity contribution in [2.24, 2.45) is 0 Å². The van der Waals surface area contributed by atoms with E-state index in [0.29, 0.717) is 23.7 Å². The second kappa shape index (κ2) is 10.2. The Bertz CT molecular complexity index is 654. The zero-order valence-electron chi connectivity index (χ0n) is 18.2. The van der Waals surface area contributed by atoms with Gasteiger partial charge in [0.05, 0.1) is 27.8 Å². The van der Waals surface area contributed by atoms with Crippen molar-refractivity contribution in [1.82, 2.24) is 10.2 Å². The summed E-state index contributed by atoms with van der Waals surface area (Å²) in [4.78, 5) is 15.5. The fourth-order valence-corrected chi connectivity index (χ4v) is 4.93. The molecule has 1 amide bonds. The highest BCUT2D eigenvalue weighted by Gasteiger charge is 2.38. The maximum atomic E-state index is 12.8. The Balaban J connectivity index is 1.66. The number of likely N-dealkylation sites (tertiary alicyclic amines) is 1. The molecule has 6 heteroatoms. The molecule has 0 spiro atoms. The second-order valence-electron chi connectivity index (χ2n) is 8.32. The van der Waals surface area contributed by atoms with Crippen molar-refractivity contribution >= 4 is 5.91 Å². The van der Waals surface area contributed by atoms with E-state index in [1.807, 2.05) is 12.1 Å². The van der Waals surface area contributed by atoms with Crippen molar-refractivity contribution in [1.29, 1.82) is 0 Å². The number of rotatable bonds is 8. The Labute approximate surface area is 174 Å². The van der Waals surface area contributed by atoms with E-state index in [9.17, 15) is 4.79 Å². The van der Waals surface area contributed by atoms with Crippen LogP contribution in [-0.4, -0.2) is 57.3 Å². The van der Waals surface area contributed by atoms with Crippen LogP contribution in [0.3, 0.4) is 0 Å². The number of ether oxygens (including phenoxy) is 3. The average molecular weight is 405 g/mol. The predicted molar refractivity (Wildman–Crippen MR) is 114 cm³/mol. The van der Waals surface area contributed by atoms with Crippen molar-refractivity contribution in [3.63, 3.8) is 0 Å². The van der Waals surface area contributed by atoms with Crippen LogP contribution in [0, 0.1) is 0 Å². The normalized spacial score (nSPS) is 19.4. The van der Waals surface area contributed by atoms with Gasteiger partial charge in [0, 0.05) is 12.1 Å². The lowest BCUT2D eigenvalue weighted by atomic mass is 9.79. The molecule has 1 aromatic carbocycles. The summed E-state index contributed by atoms with van der Waals surface area (Å²) < 4.78 is 16.2. The molecule has 162 valence electrons. The van der Waals surface area contributed by atoms with Gasteiger partial charge in [-0.2, -0.15) is 0 Å². The van der Waals surface area contributed by atoms with E-state index in [1.165, 1.54) is 64.5 Å². The van der Waals surface area contributed by atoms with Crippen LogP contribution >= 0.6 is 0 Å². The number of methoxy groups -OCH3 is 3. The van der Waals surface area contributed by atoms with E-state index in [2.05, 4.69) is 10.2 Å². The summed E-state index contributed by atoms with van der Waals surface area (Å²) in [6.07, 6.45) is 10.4. The molecule has 2 aliphatic rings. The summed E-state index contributed by atoms with van der Waals surface area (Å²) in [5, 5.41) is 3.25. The highest BCUT2D eigenvalue weighted by Crippen LogP contribution is 2.38. The first-order valence-corrected chi connectivity index (χ1v) is 10.9. The van der Waals surface area contributed by atoms with Gasteiger partial charge in [0.15, 0.2) is 11.5 Å². The molecular weight excluding hydrogens is 368 g/mol. The van der Waals surface area contributed by atoms with Crippen LogP contribution in [0.15, 0.2) is 12.1 Å². The number of hydrogen-bond donors (Lipinski definition) is 1. The van der Waals surface area contributed by atoms with Crippen LogP contribution in [0.25, 0.3) is 0 Å². The van der Waals surface area contributed by atoms with Crippen molar-refractivity contribution in [2.75, 3.05) is 41.0 Å². The maximum Gasteiger partial charge on any atom is 0.224 e. The number of amides is 1. The van der Waals surface area contributed by atoms with E-state index < -0.39 is 0 Å². The fourth-order valence-electron chi connectivity index (χ4n) is 4.93. The van der Waals surface area contributed by atoms with Crippen LogP contribution in [0.4, 0.5) is 0 Å². The van der Waals surface area contributed by atoms with Crippen LogP contribution in [0.1, 0.15) is 56.9 Å². The lowest BCUT2D eigenvalue weighted by Gasteiger charge is -2.48. The fraction of sp³-hybridized carbons (Fsp3) is 0.696. The number of carbonyl (C=O) groups is 1. The molecule has 0 unspecified atom stereocenters. The minimum Gasteiger partial charge on any atom is -0.493 e. The zero-order valence-corrected chi connectivity index (χ0v) is 18.2. The summed E-state index contributed by atoms with van der Waals surface area (Å²) in [6.45, 7) is 3.09. The van der Waals surface area contributed by atoms with Gasteiger partial charge < -0.3 is 19.5 Å². The Morgan fingerprint density at radius 2 is 1.52 bits per heavy atom. The molecule has 0 atom stereocenters. The van der Waals surface area contributed by atoms with Crippen LogP contribution in [0.2, 0.25) is 0 Å². The van der Waals surface area contributed by atoms with E-state index in [0.717, 1.165) is 12.1 Å². The third-order valence-corrected chi connectivity index (χ3v) is 6.51. The lowest BCUT2D eigenvalue weighted by Crippen LogP contribution is -2.58. The van der Waals surface area contributed by atoms with Crippen LogP contribution in [0.5, 0.6) is 17.2 Å². The van der Waals surface area contributed by atoms with E-state index in [4.69, 9.17) is 14.2 Å². The second-order valence-corrected chi connectivity index (χ2v) is 8.32. The van der Waals surface area contributed by atoms with Gasteiger partial charge in [-0.25, -0.2) is 0 Å². The van der Waals surface area contributed by atoms with Crippen molar-refractivity contribution in [2.45, 2.75) is 63.3 Å². The van der Waals surface area contributed by atoms with E-state index >= 15 is 0 Å². The molecule has 6 nitrogen and oxygen atoms in total. The summed E-state index contributed by atoms with van der Waals surface area (Å²) in [7, 11) is 4.76. The molecule has 1 aliphatic heterocycles. The molecular formula is C23H36N2O4. The molecule has 1 aromatic rings. The third-order valence-electron chi connectivity index (χ3n) is 6.51. The summed E-state index contributed by atoms with van der Waals surface area (Å²) in [5.41, 5.74) is 0.997. The third kappa shape index (κ3) is 5.16. The van der Waals surface area contributed by atoms with Gasteiger partial charge in [0.25, 0.3) is 0 Å². The average Bonchev–Trinajstić information content (AvgIpc) is 2.78. The van der Waals surface area contributed by atoms with Crippen LogP contribution in [-0.2, 0) is 11.2 Å². The monoisotopic (exact) mass is 404 g/mol. The summed E-state index contributed by atoms with van der Waals surface area (Å²) >= 11 is 0. The number of nitrogens with zero attached hydrogens (tertiary/aromatic N) is 1. The predicted octanol–water partition coefficient (Wildman–Crippen LogP) is 3.56. The topological polar surface area (TPSA) is 60.0 Å². The van der Waals surface area contributed by atoms with Crippen LogP contribution < -0.4 is 19.5 Å². The first-order valence-electron chi connectivity index (χ1n) is 10.9. The molecule has 1 saturated carbocycles. The van der Waals surface area contributed by atoms with Crippen molar-refractivity contribution in [3.8, 4) is 17.2 Å². The number of benzene rings is 1. The Morgan fingerprint density at radius 1 is 0.931 bits per heavy atom. The SMILES string of the molecule is COc1cc(CC(=O)NCC2(N3CCCCC3)CCCCC2)cc(OC)c1OC. The standard InChI is InChI=1S/C23H36N2O4/c1-27-19-14-18(15-20(28-2)22(19)29-3)16-21(26)24-17-23(10-6-4-7-11-23)25-12-8-5-9-13-25/h14-15H,4-13,16-17H2,1-3H3,(H,24,26). The van der Waals surface area contributed by atoms with Crippen molar-refractivity contribution < 1.29 is 19.0 Å². The molecule has 1 saturated heterocycles. The highest BCUT2D eigenvalue weighted by molar-refractivity contribution is 5.79. The summed E-state index contributed by atoms with van der Waals surface area (Å²) in [5.74, 6) is 1.74. The number of piperidine rings is 1. The molecule has 1 heterocycles. The molecule has 29 heavy (non-hydrogen) atoms. The van der Waals surface area contributed by atoms with Gasteiger partial charge in [0.2, 0.25) is 11.7 Å². The molecule has 1 aliphatic carbocycles. The Hall–Kier alpha value is -1.95. The van der Waals surface area contributed by atoms with Gasteiger partial charge in [-0.3, -0.25) is 9.69 Å². The minimum atomic E-state index is 0.0428. The zero-order chi connectivity index (χ0) is 20.7. The Kier molecular flexibility index (Phi) is 7.64. The first kappa shape index (κ1) is 21.8. The van der Waals surface area contributed by atoms with Gasteiger partial charge in [-0.15, -0.1) is 0 Å². The molecule has 0 aromatic heterocycles. The molecule has 0 radical (unpaired) electrons. The molecule has 1 N–H and O–H groups in total. The molecule has 2 fully saturated rings. The maximum absolute atomic E-state index is 12.8. The quantitative estimate of drug-likeness (QED) is 0.718. The number of nitrogens with one attached hydrogen (secondary N) is 1.